The average Bonchev–Trinajstić information content (AvgIpc) is 2.99. The number of rotatable bonds is 7. The van der Waals surface area contributed by atoms with Crippen molar-refractivity contribution in [3.63, 3.8) is 0 Å². The van der Waals surface area contributed by atoms with Crippen LogP contribution in [0.3, 0.4) is 0 Å². The third kappa shape index (κ3) is 5.88. The third-order valence-corrected chi connectivity index (χ3v) is 9.57. The Kier molecular flexibility index (Phi) is 8.28. The van der Waals surface area contributed by atoms with Gasteiger partial charge in [-0.3, -0.25) is 9.37 Å². The van der Waals surface area contributed by atoms with Crippen molar-refractivity contribution >= 4 is 27.5 Å². The van der Waals surface area contributed by atoms with Gasteiger partial charge in [0.2, 0.25) is 0 Å². The molecular formula is C34H40F3N5O3. The largest absolute Gasteiger partial charge is 0.508 e. The fourth-order valence-corrected chi connectivity index (χ4v) is 7.15. The Bertz CT molecular complexity index is 1750. The molecule has 0 aliphatic carbocycles. The second-order valence-corrected chi connectivity index (χ2v) is 13.3. The van der Waals surface area contributed by atoms with Crippen LogP contribution in [-0.4, -0.2) is 82.2 Å². The number of likely N-dealkylation sites (tertiary alicyclic amines) is 1. The zero-order chi connectivity index (χ0) is 32.1. The van der Waals surface area contributed by atoms with Crippen molar-refractivity contribution in [1.82, 2.24) is 19.9 Å². The molecule has 0 spiro atoms. The van der Waals surface area contributed by atoms with E-state index in [-0.39, 0.29) is 47.6 Å². The number of pyridine rings is 1. The number of hydrogen-bond donors (Lipinski definition) is 2. The second-order valence-electron chi connectivity index (χ2n) is 13.3. The molecule has 2 aromatic heterocycles. The van der Waals surface area contributed by atoms with Gasteiger partial charge in [-0.25, -0.2) is 8.78 Å². The molecule has 2 aliphatic heterocycles. The van der Waals surface area contributed by atoms with E-state index < -0.39 is 29.3 Å². The van der Waals surface area contributed by atoms with E-state index in [0.29, 0.717) is 66.3 Å². The molecule has 6 rings (SSSR count). The van der Waals surface area contributed by atoms with Crippen LogP contribution >= 0.6 is 0 Å². The van der Waals surface area contributed by atoms with Crippen molar-refractivity contribution in [1.29, 1.82) is 0 Å². The predicted molar refractivity (Wildman–Crippen MR) is 168 cm³/mol. The molecule has 2 saturated heterocycles. The molecule has 1 unspecified atom stereocenters. The van der Waals surface area contributed by atoms with Crippen LogP contribution in [0.2, 0.25) is 0 Å². The SMILES string of the molecule is CCc1c(F)ccc2cc(O)cc(-c3ncc4c(N5CCCC(C)(O)C5)nc(OC[C@]5(C)CN(C)CC[C@@H]5CF)nc4c3F)c12. The number of phenolic OH excluding ortho intramolecular Hbond substituents is 1. The van der Waals surface area contributed by atoms with Crippen LogP contribution in [0.15, 0.2) is 30.5 Å². The van der Waals surface area contributed by atoms with Gasteiger partial charge in [0.05, 0.1) is 24.3 Å². The molecule has 2 N–H and O–H groups in total. The summed E-state index contributed by atoms with van der Waals surface area (Å²) >= 11 is 0. The standard InChI is InChI=1S/C34H40F3N5O3/c1-5-23-26(36)8-7-20-13-22(43)14-24(27(20)23)29-28(37)30-25(16-38-29)31(42-11-6-10-34(3,44)18-42)40-32(39-30)45-19-33(2)17-41(4)12-9-21(33)15-35/h7-8,13-14,16,21,43-44H,5-6,9-12,15,17-19H2,1-4H3/t21-,33+,34?/m1/s1. The Morgan fingerprint density at radius 1 is 1.11 bits per heavy atom. The molecule has 0 bridgehead atoms. The number of aliphatic hydroxyl groups is 1. The molecule has 0 saturated carbocycles. The van der Waals surface area contributed by atoms with E-state index >= 15 is 4.39 Å². The number of β-amino-alcohol motifs (C(OH)–C–C–N with tert-alkyl or cyclic N) is 1. The molecule has 2 fully saturated rings. The van der Waals surface area contributed by atoms with Crippen molar-refractivity contribution in [2.45, 2.75) is 52.1 Å². The molecule has 0 radical (unpaired) electrons. The van der Waals surface area contributed by atoms with Gasteiger partial charge in [0.25, 0.3) is 0 Å². The lowest BCUT2D eigenvalue weighted by molar-refractivity contribution is 0.000293. The molecule has 11 heteroatoms. The Hall–Kier alpha value is -3.70. The summed E-state index contributed by atoms with van der Waals surface area (Å²) in [5.74, 6) is -1.13. The van der Waals surface area contributed by atoms with Gasteiger partial charge in [-0.2, -0.15) is 9.97 Å². The molecule has 4 heterocycles. The van der Waals surface area contributed by atoms with Crippen molar-refractivity contribution in [2.75, 3.05) is 51.4 Å². The highest BCUT2D eigenvalue weighted by Crippen LogP contribution is 2.40. The number of aryl methyl sites for hydroxylation is 1. The van der Waals surface area contributed by atoms with E-state index in [1.807, 2.05) is 25.8 Å². The molecular weight excluding hydrogens is 583 g/mol. The van der Waals surface area contributed by atoms with Gasteiger partial charge in [0.15, 0.2) is 5.82 Å². The Balaban J connectivity index is 1.51. The maximum absolute atomic E-state index is 16.8. The van der Waals surface area contributed by atoms with Crippen molar-refractivity contribution in [3.8, 4) is 23.0 Å². The highest BCUT2D eigenvalue weighted by molar-refractivity contribution is 6.01. The van der Waals surface area contributed by atoms with Crippen LogP contribution in [0.4, 0.5) is 19.0 Å². The fraction of sp³-hybridized carbons (Fsp3) is 0.500. The Morgan fingerprint density at radius 3 is 2.64 bits per heavy atom. The first-order chi connectivity index (χ1) is 21.4. The number of benzene rings is 2. The number of fused-ring (bicyclic) bond motifs is 2. The first-order valence-electron chi connectivity index (χ1n) is 15.6. The summed E-state index contributed by atoms with van der Waals surface area (Å²) < 4.78 is 51.9. The second kappa shape index (κ2) is 11.9. The van der Waals surface area contributed by atoms with Gasteiger partial charge in [-0.05, 0) is 86.7 Å². The summed E-state index contributed by atoms with van der Waals surface area (Å²) in [5.41, 5.74) is -1.00. The van der Waals surface area contributed by atoms with Crippen LogP contribution in [0, 0.1) is 23.0 Å². The number of piperidine rings is 2. The van der Waals surface area contributed by atoms with Crippen LogP contribution in [-0.2, 0) is 6.42 Å². The number of nitrogens with zero attached hydrogens (tertiary/aromatic N) is 5. The number of hydrogen-bond acceptors (Lipinski definition) is 8. The van der Waals surface area contributed by atoms with Crippen LogP contribution in [0.25, 0.3) is 32.9 Å². The summed E-state index contributed by atoms with van der Waals surface area (Å²) in [6, 6.07) is 5.72. The summed E-state index contributed by atoms with van der Waals surface area (Å²) in [7, 11) is 1.99. The van der Waals surface area contributed by atoms with E-state index in [9.17, 15) is 19.0 Å². The van der Waals surface area contributed by atoms with Crippen LogP contribution in [0.5, 0.6) is 11.8 Å². The highest BCUT2D eigenvalue weighted by atomic mass is 19.1. The van der Waals surface area contributed by atoms with Crippen LogP contribution in [0.1, 0.15) is 45.6 Å². The van der Waals surface area contributed by atoms with Crippen molar-refractivity contribution < 1.29 is 28.1 Å². The number of anilines is 1. The number of aromatic hydroxyl groups is 1. The lowest BCUT2D eigenvalue weighted by Gasteiger charge is -2.43. The van der Waals surface area contributed by atoms with Crippen molar-refractivity contribution in [2.24, 2.45) is 11.3 Å². The minimum atomic E-state index is -0.974. The van der Waals surface area contributed by atoms with E-state index in [4.69, 9.17) is 9.72 Å². The van der Waals surface area contributed by atoms with E-state index in [1.165, 1.54) is 24.4 Å². The first kappa shape index (κ1) is 31.3. The van der Waals surface area contributed by atoms with Gasteiger partial charge in [-0.1, -0.05) is 19.9 Å². The molecule has 2 aromatic carbocycles. The number of halogens is 3. The maximum Gasteiger partial charge on any atom is 0.319 e. The summed E-state index contributed by atoms with van der Waals surface area (Å²) in [5, 5.41) is 22.8. The average molecular weight is 624 g/mol. The third-order valence-electron chi connectivity index (χ3n) is 9.57. The predicted octanol–water partition coefficient (Wildman–Crippen LogP) is 6.05. The zero-order valence-corrected chi connectivity index (χ0v) is 26.2. The zero-order valence-electron chi connectivity index (χ0n) is 26.2. The van der Waals surface area contributed by atoms with E-state index in [1.54, 1.807) is 13.0 Å². The Morgan fingerprint density at radius 2 is 1.91 bits per heavy atom. The highest BCUT2D eigenvalue weighted by Gasteiger charge is 2.40. The number of aromatic nitrogens is 3. The lowest BCUT2D eigenvalue weighted by Crippen LogP contribution is -2.49. The number of alkyl halides is 1. The van der Waals surface area contributed by atoms with E-state index in [2.05, 4.69) is 14.9 Å². The van der Waals surface area contributed by atoms with Gasteiger partial charge in [0, 0.05) is 36.8 Å². The smallest absolute Gasteiger partial charge is 0.319 e. The molecule has 2 aliphatic rings. The van der Waals surface area contributed by atoms with Gasteiger partial charge in [-0.15, -0.1) is 0 Å². The minimum absolute atomic E-state index is 0.0517. The van der Waals surface area contributed by atoms with E-state index in [0.717, 1.165) is 6.54 Å². The Labute approximate surface area is 260 Å². The summed E-state index contributed by atoms with van der Waals surface area (Å²) in [6.07, 6.45) is 3.84. The van der Waals surface area contributed by atoms with Crippen molar-refractivity contribution in [3.05, 3.63) is 47.7 Å². The quantitative estimate of drug-likeness (QED) is 0.257. The molecule has 45 heavy (non-hydrogen) atoms. The summed E-state index contributed by atoms with van der Waals surface area (Å²) in [6.45, 7) is 7.48. The molecule has 3 atom stereocenters. The molecule has 4 aromatic rings. The summed E-state index contributed by atoms with van der Waals surface area (Å²) in [4.78, 5) is 17.7. The normalized spacial score (nSPS) is 24.4. The van der Waals surface area contributed by atoms with Crippen LogP contribution < -0.4 is 9.64 Å². The van der Waals surface area contributed by atoms with Gasteiger partial charge >= 0.3 is 6.01 Å². The molecule has 0 amide bonds. The lowest BCUT2D eigenvalue weighted by atomic mass is 9.73. The number of ether oxygens (including phenoxy) is 1. The first-order valence-corrected chi connectivity index (χ1v) is 15.6. The fourth-order valence-electron chi connectivity index (χ4n) is 7.15. The molecule has 240 valence electrons. The van der Waals surface area contributed by atoms with Gasteiger partial charge < -0.3 is 24.7 Å². The monoisotopic (exact) mass is 623 g/mol. The maximum atomic E-state index is 16.8. The molecule has 8 nitrogen and oxygen atoms in total. The number of phenols is 1. The van der Waals surface area contributed by atoms with Gasteiger partial charge in [0.1, 0.15) is 28.6 Å². The topological polar surface area (TPSA) is 94.8 Å². The minimum Gasteiger partial charge on any atom is -0.508 e.